The zero-order valence-corrected chi connectivity index (χ0v) is 12.2. The van der Waals surface area contributed by atoms with E-state index in [1.807, 2.05) is 12.1 Å². The summed E-state index contributed by atoms with van der Waals surface area (Å²) in [4.78, 5) is 11.6. The number of thioether (sulfide) groups is 1. The smallest absolute Gasteiger partial charge is 0.449 e. The Morgan fingerprint density at radius 2 is 1.76 bits per heavy atom. The molecule has 21 heavy (non-hydrogen) atoms. The van der Waals surface area contributed by atoms with Crippen molar-refractivity contribution in [3.05, 3.63) is 42.0 Å². The van der Waals surface area contributed by atoms with Gasteiger partial charge in [0.25, 0.3) is 0 Å². The van der Waals surface area contributed by atoms with Crippen LogP contribution in [0.1, 0.15) is 18.4 Å². The second-order valence-corrected chi connectivity index (χ2v) is 5.63. The van der Waals surface area contributed by atoms with Crippen LogP contribution in [0.25, 0.3) is 10.8 Å². The molecule has 2 rings (SSSR count). The van der Waals surface area contributed by atoms with E-state index in [9.17, 15) is 18.0 Å². The molecule has 2 nitrogen and oxygen atoms in total. The number of rotatable bonds is 3. The van der Waals surface area contributed by atoms with E-state index in [1.54, 1.807) is 31.4 Å². The highest BCUT2D eigenvalue weighted by Gasteiger charge is 2.34. The van der Waals surface area contributed by atoms with Crippen LogP contribution in [-0.4, -0.2) is 17.7 Å². The summed E-state index contributed by atoms with van der Waals surface area (Å²) in [6, 6.07) is 10.6. The summed E-state index contributed by atoms with van der Waals surface area (Å²) in [5, 5.41) is 0.849. The Bertz CT molecular complexity index is 668. The Balaban J connectivity index is 2.28. The van der Waals surface area contributed by atoms with Gasteiger partial charge in [-0.3, -0.25) is 4.79 Å². The van der Waals surface area contributed by atoms with Crippen molar-refractivity contribution in [2.24, 2.45) is 0 Å². The van der Waals surface area contributed by atoms with Gasteiger partial charge in [0.1, 0.15) is 5.75 Å². The predicted molar refractivity (Wildman–Crippen MR) is 77.6 cm³/mol. The minimum absolute atomic E-state index is 0.564. The fraction of sp³-hybridized carbons (Fsp3) is 0.267. The molecule has 2 aromatic rings. The summed E-state index contributed by atoms with van der Waals surface area (Å²) in [5.74, 6) is -0.116. The molecule has 0 N–H and O–H groups in total. The predicted octanol–water partition coefficient (Wildman–Crippen LogP) is 4.73. The van der Waals surface area contributed by atoms with Crippen LogP contribution in [0, 0.1) is 0 Å². The van der Waals surface area contributed by atoms with E-state index < -0.39 is 28.3 Å². The molecule has 0 spiro atoms. The van der Waals surface area contributed by atoms with Crippen LogP contribution in [-0.2, 0) is 4.79 Å². The van der Waals surface area contributed by atoms with Crippen molar-refractivity contribution >= 4 is 27.6 Å². The number of alkyl halides is 3. The van der Waals surface area contributed by atoms with Crippen molar-refractivity contribution < 1.29 is 22.7 Å². The molecule has 0 saturated heterocycles. The molecular weight excluding hydrogens is 301 g/mol. The second-order valence-electron chi connectivity index (χ2n) is 4.56. The van der Waals surface area contributed by atoms with Crippen LogP contribution < -0.4 is 4.74 Å². The van der Waals surface area contributed by atoms with Gasteiger partial charge >= 0.3 is 5.51 Å². The molecule has 0 radical (unpaired) electrons. The number of carbonyl (C=O) groups excluding carboxylic acids is 1. The first-order valence-corrected chi connectivity index (χ1v) is 6.99. The maximum atomic E-state index is 12.2. The average Bonchev–Trinajstić information content (AvgIpc) is 2.43. The lowest BCUT2D eigenvalue weighted by molar-refractivity contribution is -0.113. The van der Waals surface area contributed by atoms with E-state index in [4.69, 9.17) is 4.74 Å². The minimum Gasteiger partial charge on any atom is -0.497 e. The number of fused-ring (bicyclic) bond motifs is 1. The van der Waals surface area contributed by atoms with Gasteiger partial charge in [-0.2, -0.15) is 13.2 Å². The minimum atomic E-state index is -4.55. The number of carbonyl (C=O) groups is 1. The molecule has 6 heteroatoms. The maximum absolute atomic E-state index is 12.2. The van der Waals surface area contributed by atoms with Crippen LogP contribution in [0.3, 0.4) is 0 Å². The Morgan fingerprint density at radius 3 is 2.38 bits per heavy atom. The summed E-state index contributed by atoms with van der Waals surface area (Å²) in [7, 11) is 1.56. The molecule has 112 valence electrons. The lowest BCUT2D eigenvalue weighted by Crippen LogP contribution is -2.12. The number of halogens is 3. The highest BCUT2D eigenvalue weighted by Crippen LogP contribution is 2.36. The van der Waals surface area contributed by atoms with E-state index in [0.29, 0.717) is 11.3 Å². The Kier molecular flexibility index (Phi) is 4.46. The van der Waals surface area contributed by atoms with Crippen LogP contribution >= 0.6 is 11.8 Å². The summed E-state index contributed by atoms with van der Waals surface area (Å²) in [5.41, 5.74) is -3.98. The third-order valence-corrected chi connectivity index (χ3v) is 3.93. The molecule has 0 amide bonds. The van der Waals surface area contributed by atoms with Gasteiger partial charge < -0.3 is 4.74 Å². The Morgan fingerprint density at radius 1 is 1.14 bits per heavy atom. The van der Waals surface area contributed by atoms with Gasteiger partial charge in [0.05, 0.1) is 13.0 Å². The molecular formula is C15H13F3O2S. The lowest BCUT2D eigenvalue weighted by atomic mass is 9.99. The number of methoxy groups -OCH3 is 1. The Labute approximate surface area is 124 Å². The van der Waals surface area contributed by atoms with E-state index in [-0.39, 0.29) is 0 Å². The molecule has 0 saturated carbocycles. The van der Waals surface area contributed by atoms with Gasteiger partial charge in [0.15, 0.2) is 0 Å². The first kappa shape index (κ1) is 15.7. The second kappa shape index (κ2) is 5.97. The van der Waals surface area contributed by atoms with Crippen LogP contribution in [0.4, 0.5) is 13.2 Å². The van der Waals surface area contributed by atoms with Gasteiger partial charge in [0, 0.05) is 11.8 Å². The van der Waals surface area contributed by atoms with E-state index in [1.165, 1.54) is 6.92 Å². The highest BCUT2D eigenvalue weighted by molar-refractivity contribution is 8.14. The van der Waals surface area contributed by atoms with E-state index >= 15 is 0 Å². The molecule has 0 fully saturated rings. The standard InChI is InChI=1S/C15H13F3O2S/c1-9(14(19)21-15(16,17)18)10-3-4-12-8-13(20-2)6-5-11(12)7-10/h3-9H,1-2H3/t9-/m0/s1. The zero-order chi connectivity index (χ0) is 15.6. The normalized spacial score (nSPS) is 13.2. The average molecular weight is 314 g/mol. The van der Waals surface area contributed by atoms with Gasteiger partial charge in [-0.05, 0) is 28.5 Å². The van der Waals surface area contributed by atoms with Crippen molar-refractivity contribution in [2.75, 3.05) is 7.11 Å². The number of ether oxygens (including phenoxy) is 1. The van der Waals surface area contributed by atoms with Crippen molar-refractivity contribution in [2.45, 2.75) is 18.3 Å². The number of hydrogen-bond acceptors (Lipinski definition) is 3. The molecule has 1 atom stereocenters. The summed E-state index contributed by atoms with van der Waals surface area (Å²) in [6.07, 6.45) is 0. The summed E-state index contributed by atoms with van der Waals surface area (Å²) < 4.78 is 41.9. The van der Waals surface area contributed by atoms with Crippen molar-refractivity contribution in [1.29, 1.82) is 0 Å². The molecule has 0 aliphatic carbocycles. The van der Waals surface area contributed by atoms with E-state index in [2.05, 4.69) is 0 Å². The van der Waals surface area contributed by atoms with Gasteiger partial charge in [-0.15, -0.1) is 0 Å². The zero-order valence-electron chi connectivity index (χ0n) is 11.4. The van der Waals surface area contributed by atoms with Gasteiger partial charge in [-0.25, -0.2) is 0 Å². The topological polar surface area (TPSA) is 26.3 Å². The quantitative estimate of drug-likeness (QED) is 0.819. The third kappa shape index (κ3) is 3.91. The summed E-state index contributed by atoms with van der Waals surface area (Å²) in [6.45, 7) is 1.48. The molecule has 0 aliphatic heterocycles. The van der Waals surface area contributed by atoms with E-state index in [0.717, 1.165) is 10.8 Å². The number of hydrogen-bond donors (Lipinski definition) is 0. The largest absolute Gasteiger partial charge is 0.497 e. The van der Waals surface area contributed by atoms with Crippen LogP contribution in [0.5, 0.6) is 5.75 Å². The molecule has 0 bridgehead atoms. The molecule has 2 aromatic carbocycles. The van der Waals surface area contributed by atoms with Crippen molar-refractivity contribution in [3.63, 3.8) is 0 Å². The van der Waals surface area contributed by atoms with Crippen molar-refractivity contribution in [1.82, 2.24) is 0 Å². The van der Waals surface area contributed by atoms with Crippen molar-refractivity contribution in [3.8, 4) is 5.75 Å². The fourth-order valence-corrected chi connectivity index (χ4v) is 2.52. The van der Waals surface area contributed by atoms with Gasteiger partial charge in [-0.1, -0.05) is 31.2 Å². The highest BCUT2D eigenvalue weighted by atomic mass is 32.2. The molecule has 0 aliphatic rings. The summed E-state index contributed by atoms with van der Waals surface area (Å²) >= 11 is -0.588. The third-order valence-electron chi connectivity index (χ3n) is 3.14. The lowest BCUT2D eigenvalue weighted by Gasteiger charge is -2.13. The monoisotopic (exact) mass is 314 g/mol. The fourth-order valence-electron chi connectivity index (χ4n) is 1.98. The molecule has 0 unspecified atom stereocenters. The molecule has 0 aromatic heterocycles. The molecule has 0 heterocycles. The first-order chi connectivity index (χ1) is 9.80. The first-order valence-electron chi connectivity index (χ1n) is 6.17. The SMILES string of the molecule is COc1ccc2cc([C@H](C)C(=O)SC(F)(F)F)ccc2c1. The van der Waals surface area contributed by atoms with Crippen LogP contribution in [0.2, 0.25) is 0 Å². The Hall–Kier alpha value is -1.69. The van der Waals surface area contributed by atoms with Gasteiger partial charge in [0.2, 0.25) is 5.12 Å². The van der Waals surface area contributed by atoms with Crippen LogP contribution in [0.15, 0.2) is 36.4 Å². The number of benzene rings is 2. The maximum Gasteiger partial charge on any atom is 0.449 e.